The van der Waals surface area contributed by atoms with E-state index in [1.165, 1.54) is 32.3 Å². The van der Waals surface area contributed by atoms with Gasteiger partial charge in [0.2, 0.25) is 0 Å². The fourth-order valence-electron chi connectivity index (χ4n) is 9.96. The molecule has 0 heterocycles. The van der Waals surface area contributed by atoms with Gasteiger partial charge in [-0.2, -0.15) is 0 Å². The molecule has 0 saturated heterocycles. The molecule has 0 aliphatic heterocycles. The normalized spacial score (nSPS) is 12.0. The topological polar surface area (TPSA) is 0 Å². The standard InChI is InChI=1S/C54H58Si2/c1-37(2)55(38(3)4,39(5)6)31-29-51-49-23-17-15-21-45(49)35-47-27-25-43(33-53(47)51)19-13-14-20-44-26-28-48-36-46-22-16-18-24-50(46)52(54(48)34-44)30-32-56(40(7)8,41(9)10)42(11)12/h15-18,21-28,33-42H,1-12H3. The molecule has 0 saturated carbocycles. The molecule has 6 aromatic rings. The van der Waals surface area contributed by atoms with Crippen molar-refractivity contribution >= 4 is 59.2 Å². The second-order valence-electron chi connectivity index (χ2n) is 17.6. The van der Waals surface area contributed by atoms with Crippen molar-refractivity contribution in [1.29, 1.82) is 0 Å². The molecule has 6 aromatic carbocycles. The quantitative estimate of drug-likeness (QED) is 0.0900. The van der Waals surface area contributed by atoms with Crippen molar-refractivity contribution in [1.82, 2.24) is 0 Å². The highest BCUT2D eigenvalue weighted by atomic mass is 28.3. The highest BCUT2D eigenvalue weighted by molar-refractivity contribution is 6.91. The predicted molar refractivity (Wildman–Crippen MR) is 253 cm³/mol. The van der Waals surface area contributed by atoms with Crippen molar-refractivity contribution in [2.45, 2.75) is 116 Å². The molecule has 0 spiro atoms. The molecule has 6 rings (SSSR count). The van der Waals surface area contributed by atoms with Gasteiger partial charge in [0.05, 0.1) is 0 Å². The number of hydrogen-bond acceptors (Lipinski definition) is 0. The minimum Gasteiger partial charge on any atom is -0.125 e. The Labute approximate surface area is 339 Å². The fourth-order valence-corrected chi connectivity index (χ4v) is 20.4. The van der Waals surface area contributed by atoms with E-state index in [0.29, 0.717) is 33.2 Å². The number of fused-ring (bicyclic) bond motifs is 4. The van der Waals surface area contributed by atoms with Crippen LogP contribution in [0, 0.1) is 46.6 Å². The van der Waals surface area contributed by atoms with Crippen molar-refractivity contribution in [3.05, 3.63) is 119 Å². The Morgan fingerprint density at radius 2 is 0.661 bits per heavy atom. The average Bonchev–Trinajstić information content (AvgIpc) is 3.15. The molecule has 0 fully saturated rings. The zero-order valence-electron chi connectivity index (χ0n) is 35.7. The largest absolute Gasteiger partial charge is 0.146 e. The van der Waals surface area contributed by atoms with Crippen LogP contribution in [0.4, 0.5) is 0 Å². The average molecular weight is 763 g/mol. The van der Waals surface area contributed by atoms with E-state index in [4.69, 9.17) is 0 Å². The summed E-state index contributed by atoms with van der Waals surface area (Å²) < 4.78 is 0. The lowest BCUT2D eigenvalue weighted by molar-refractivity contribution is 0.838. The van der Waals surface area contributed by atoms with E-state index in [9.17, 15) is 0 Å². The van der Waals surface area contributed by atoms with Gasteiger partial charge < -0.3 is 0 Å². The first kappa shape index (κ1) is 40.7. The summed E-state index contributed by atoms with van der Waals surface area (Å²) >= 11 is 0. The van der Waals surface area contributed by atoms with Crippen LogP contribution >= 0.6 is 0 Å². The van der Waals surface area contributed by atoms with E-state index in [1.807, 2.05) is 0 Å². The predicted octanol–water partition coefficient (Wildman–Crippen LogP) is 14.8. The SMILES string of the molecule is CC(C)[Si](C#Cc1c2ccccc2cc2ccc(C#CC#Cc3ccc4cc5ccccc5c(C#C[Si](C(C)C)(C(C)C)C(C)C)c4c3)cc12)(C(C)C)C(C)C. The van der Waals surface area contributed by atoms with Crippen LogP contribution < -0.4 is 0 Å². The molecular formula is C54H58Si2. The maximum Gasteiger partial charge on any atom is 0.146 e. The van der Waals surface area contributed by atoms with Crippen molar-refractivity contribution < 1.29 is 0 Å². The van der Waals surface area contributed by atoms with Crippen LogP contribution in [0.1, 0.15) is 105 Å². The van der Waals surface area contributed by atoms with Crippen molar-refractivity contribution in [3.63, 3.8) is 0 Å². The lowest BCUT2D eigenvalue weighted by atomic mass is 9.96. The second-order valence-corrected chi connectivity index (χ2v) is 28.8. The van der Waals surface area contributed by atoms with Gasteiger partial charge in [-0.25, -0.2) is 0 Å². The molecule has 0 unspecified atom stereocenters. The minimum absolute atomic E-state index is 0.568. The molecule has 2 heteroatoms. The van der Waals surface area contributed by atoms with E-state index in [2.05, 4.69) is 227 Å². The number of benzene rings is 6. The first-order chi connectivity index (χ1) is 26.7. The highest BCUT2D eigenvalue weighted by Gasteiger charge is 2.42. The van der Waals surface area contributed by atoms with Gasteiger partial charge in [0, 0.05) is 22.3 Å². The molecule has 0 atom stereocenters. The molecule has 0 N–H and O–H groups in total. The monoisotopic (exact) mass is 762 g/mol. The summed E-state index contributed by atoms with van der Waals surface area (Å²) in [6.45, 7) is 28.5. The third-order valence-corrected chi connectivity index (χ3v) is 25.3. The van der Waals surface area contributed by atoms with E-state index < -0.39 is 16.1 Å². The van der Waals surface area contributed by atoms with Crippen LogP contribution in [-0.4, -0.2) is 16.1 Å². The Balaban J connectivity index is 1.43. The van der Waals surface area contributed by atoms with Gasteiger partial charge in [-0.15, -0.1) is 11.1 Å². The molecular weight excluding hydrogens is 705 g/mol. The molecule has 0 aromatic heterocycles. The van der Waals surface area contributed by atoms with Gasteiger partial charge in [0.15, 0.2) is 0 Å². The van der Waals surface area contributed by atoms with Gasteiger partial charge in [-0.1, -0.05) is 167 Å². The van der Waals surface area contributed by atoms with Crippen LogP contribution in [0.2, 0.25) is 33.2 Å². The summed E-state index contributed by atoms with van der Waals surface area (Å²) in [4.78, 5) is 0. The molecule has 0 bridgehead atoms. The van der Waals surface area contributed by atoms with Crippen molar-refractivity contribution in [2.75, 3.05) is 0 Å². The molecule has 0 nitrogen and oxygen atoms in total. The van der Waals surface area contributed by atoms with Gasteiger partial charge in [0.1, 0.15) is 16.1 Å². The molecule has 56 heavy (non-hydrogen) atoms. The maximum atomic E-state index is 4.00. The Morgan fingerprint density at radius 3 is 1.00 bits per heavy atom. The molecule has 282 valence electrons. The summed E-state index contributed by atoms with van der Waals surface area (Å²) in [5, 5.41) is 9.54. The van der Waals surface area contributed by atoms with Gasteiger partial charge in [-0.05, 0) is 125 Å². The van der Waals surface area contributed by atoms with E-state index in [-0.39, 0.29) is 0 Å². The van der Waals surface area contributed by atoms with Gasteiger partial charge in [0.25, 0.3) is 0 Å². The Morgan fingerprint density at radius 1 is 0.339 bits per heavy atom. The number of rotatable bonds is 6. The summed E-state index contributed by atoms with van der Waals surface area (Å²) in [6, 6.07) is 34.9. The summed E-state index contributed by atoms with van der Waals surface area (Å²) in [6.07, 6.45) is 0. The van der Waals surface area contributed by atoms with Crippen LogP contribution in [0.15, 0.2) is 97.1 Å². The van der Waals surface area contributed by atoms with Crippen LogP contribution in [-0.2, 0) is 0 Å². The summed E-state index contributed by atoms with van der Waals surface area (Å²) in [5.41, 5.74) is 15.5. The summed E-state index contributed by atoms with van der Waals surface area (Å²) in [7, 11) is -3.86. The molecule has 0 aliphatic rings. The lowest BCUT2D eigenvalue weighted by Gasteiger charge is -2.38. The first-order valence-corrected chi connectivity index (χ1v) is 25.2. The Bertz CT molecular complexity index is 2460. The zero-order chi connectivity index (χ0) is 40.4. The van der Waals surface area contributed by atoms with Gasteiger partial charge >= 0.3 is 0 Å². The molecule has 0 amide bonds. The van der Waals surface area contributed by atoms with Gasteiger partial charge in [-0.3, -0.25) is 0 Å². The third-order valence-electron chi connectivity index (χ3n) is 12.7. The highest BCUT2D eigenvalue weighted by Crippen LogP contribution is 2.42. The lowest BCUT2D eigenvalue weighted by Crippen LogP contribution is -2.43. The summed E-state index contributed by atoms with van der Waals surface area (Å²) in [5.74, 6) is 20.8. The van der Waals surface area contributed by atoms with E-state index >= 15 is 0 Å². The zero-order valence-corrected chi connectivity index (χ0v) is 37.7. The Hall–Kier alpha value is -4.97. The molecule has 0 aliphatic carbocycles. The third kappa shape index (κ3) is 7.60. The second kappa shape index (κ2) is 16.6. The van der Waals surface area contributed by atoms with Crippen molar-refractivity contribution in [3.8, 4) is 46.6 Å². The minimum atomic E-state index is -1.93. The van der Waals surface area contributed by atoms with Crippen LogP contribution in [0.25, 0.3) is 43.1 Å². The van der Waals surface area contributed by atoms with E-state index in [0.717, 1.165) is 33.0 Å². The molecule has 0 radical (unpaired) electrons. The van der Waals surface area contributed by atoms with Crippen molar-refractivity contribution in [2.24, 2.45) is 0 Å². The number of hydrogen-bond donors (Lipinski definition) is 0. The smallest absolute Gasteiger partial charge is 0.125 e. The van der Waals surface area contributed by atoms with Crippen LogP contribution in [0.3, 0.4) is 0 Å². The fraction of sp³-hybridized carbons (Fsp3) is 0.333. The Kier molecular flexibility index (Phi) is 12.1. The van der Waals surface area contributed by atoms with E-state index in [1.54, 1.807) is 0 Å². The maximum absolute atomic E-state index is 4.00. The first-order valence-electron chi connectivity index (χ1n) is 20.7. The van der Waals surface area contributed by atoms with Crippen LogP contribution in [0.5, 0.6) is 0 Å².